The minimum atomic E-state index is -0.906. The third-order valence-corrected chi connectivity index (χ3v) is 4.04. The van der Waals surface area contributed by atoms with Gasteiger partial charge >= 0.3 is 5.97 Å². The summed E-state index contributed by atoms with van der Waals surface area (Å²) in [5.74, 6) is -0.906. The Morgan fingerprint density at radius 1 is 1.18 bits per heavy atom. The predicted molar refractivity (Wildman–Crippen MR) is 86.4 cm³/mol. The summed E-state index contributed by atoms with van der Waals surface area (Å²) >= 11 is 0. The molecule has 4 nitrogen and oxygen atoms in total. The van der Waals surface area contributed by atoms with Gasteiger partial charge in [-0.25, -0.2) is 9.78 Å². The van der Waals surface area contributed by atoms with E-state index >= 15 is 0 Å². The van der Waals surface area contributed by atoms with E-state index in [0.29, 0.717) is 5.56 Å². The van der Waals surface area contributed by atoms with E-state index in [2.05, 4.69) is 42.4 Å². The fourth-order valence-electron chi connectivity index (χ4n) is 2.77. The zero-order valence-electron chi connectivity index (χ0n) is 12.9. The molecular formula is C18H18N2O2. The molecular weight excluding hydrogens is 276 g/mol. The van der Waals surface area contributed by atoms with Crippen LogP contribution in [-0.2, 0) is 6.42 Å². The van der Waals surface area contributed by atoms with Crippen LogP contribution < -0.4 is 0 Å². The van der Waals surface area contributed by atoms with Crippen molar-refractivity contribution in [1.82, 2.24) is 9.38 Å². The van der Waals surface area contributed by atoms with Crippen LogP contribution in [0.25, 0.3) is 16.8 Å². The second-order valence-electron chi connectivity index (χ2n) is 5.49. The SMILES string of the molecule is CCc1nc2c(C)cc(-c3ccc(C(=O)O)cc3)cn2c1C. The number of nitrogens with zero attached hydrogens (tertiary/aromatic N) is 2. The largest absolute Gasteiger partial charge is 0.478 e. The van der Waals surface area contributed by atoms with Gasteiger partial charge in [-0.1, -0.05) is 19.1 Å². The summed E-state index contributed by atoms with van der Waals surface area (Å²) in [5, 5.41) is 8.99. The van der Waals surface area contributed by atoms with Gasteiger partial charge in [0.1, 0.15) is 5.65 Å². The highest BCUT2D eigenvalue weighted by atomic mass is 16.4. The van der Waals surface area contributed by atoms with E-state index in [4.69, 9.17) is 5.11 Å². The number of carboxylic acid groups (broad SMARTS) is 1. The molecule has 0 radical (unpaired) electrons. The Balaban J connectivity index is 2.15. The molecule has 0 amide bonds. The summed E-state index contributed by atoms with van der Waals surface area (Å²) in [6.45, 7) is 6.24. The Morgan fingerprint density at radius 3 is 2.45 bits per heavy atom. The van der Waals surface area contributed by atoms with Crippen LogP contribution >= 0.6 is 0 Å². The van der Waals surface area contributed by atoms with Gasteiger partial charge < -0.3 is 9.51 Å². The monoisotopic (exact) mass is 294 g/mol. The van der Waals surface area contributed by atoms with Crippen LogP contribution in [0.2, 0.25) is 0 Å². The van der Waals surface area contributed by atoms with Gasteiger partial charge in [-0.15, -0.1) is 0 Å². The highest BCUT2D eigenvalue weighted by Crippen LogP contribution is 2.25. The number of pyridine rings is 1. The van der Waals surface area contributed by atoms with Gasteiger partial charge in [0, 0.05) is 11.9 Å². The molecule has 2 aromatic heterocycles. The molecule has 0 saturated carbocycles. The highest BCUT2D eigenvalue weighted by Gasteiger charge is 2.11. The number of aryl methyl sites for hydroxylation is 3. The normalized spacial score (nSPS) is 11.0. The number of imidazole rings is 1. The molecule has 0 aliphatic rings. The summed E-state index contributed by atoms with van der Waals surface area (Å²) in [7, 11) is 0. The van der Waals surface area contributed by atoms with Crippen molar-refractivity contribution in [2.24, 2.45) is 0 Å². The van der Waals surface area contributed by atoms with Crippen LogP contribution in [-0.4, -0.2) is 20.5 Å². The van der Waals surface area contributed by atoms with E-state index in [1.165, 1.54) is 0 Å². The Kier molecular flexibility index (Phi) is 3.45. The lowest BCUT2D eigenvalue weighted by Gasteiger charge is -2.07. The number of aromatic nitrogens is 2. The first-order valence-corrected chi connectivity index (χ1v) is 7.33. The molecule has 0 saturated heterocycles. The van der Waals surface area contributed by atoms with Gasteiger partial charge in [0.05, 0.1) is 11.3 Å². The first kappa shape index (κ1) is 14.3. The third kappa shape index (κ3) is 2.26. The lowest BCUT2D eigenvalue weighted by molar-refractivity contribution is 0.0697. The van der Waals surface area contributed by atoms with Gasteiger partial charge in [0.15, 0.2) is 0 Å². The Hall–Kier alpha value is -2.62. The van der Waals surface area contributed by atoms with E-state index in [1.807, 2.05) is 12.1 Å². The van der Waals surface area contributed by atoms with Crippen molar-refractivity contribution in [3.05, 3.63) is 59.0 Å². The molecule has 22 heavy (non-hydrogen) atoms. The lowest BCUT2D eigenvalue weighted by Crippen LogP contribution is -1.96. The first-order chi connectivity index (χ1) is 10.5. The second kappa shape index (κ2) is 5.30. The molecule has 3 rings (SSSR count). The van der Waals surface area contributed by atoms with Crippen molar-refractivity contribution in [2.45, 2.75) is 27.2 Å². The van der Waals surface area contributed by atoms with Crippen LogP contribution in [0.15, 0.2) is 36.5 Å². The fourth-order valence-corrected chi connectivity index (χ4v) is 2.77. The average molecular weight is 294 g/mol. The summed E-state index contributed by atoms with van der Waals surface area (Å²) < 4.78 is 2.12. The molecule has 0 atom stereocenters. The summed E-state index contributed by atoms with van der Waals surface area (Å²) in [6, 6.07) is 9.05. The fraction of sp³-hybridized carbons (Fsp3) is 0.222. The van der Waals surface area contributed by atoms with Gasteiger partial charge in [-0.3, -0.25) is 0 Å². The molecule has 0 fully saturated rings. The van der Waals surface area contributed by atoms with Gasteiger partial charge in [0.25, 0.3) is 0 Å². The maximum absolute atomic E-state index is 10.9. The number of benzene rings is 1. The maximum Gasteiger partial charge on any atom is 0.335 e. The zero-order chi connectivity index (χ0) is 15.9. The summed E-state index contributed by atoms with van der Waals surface area (Å²) in [4.78, 5) is 15.6. The summed E-state index contributed by atoms with van der Waals surface area (Å²) in [6.07, 6.45) is 2.98. The molecule has 2 heterocycles. The van der Waals surface area contributed by atoms with E-state index in [0.717, 1.165) is 40.1 Å². The number of carbonyl (C=O) groups is 1. The van der Waals surface area contributed by atoms with Crippen LogP contribution in [0.1, 0.15) is 34.2 Å². The number of carboxylic acids is 1. The lowest BCUT2D eigenvalue weighted by atomic mass is 10.0. The topological polar surface area (TPSA) is 54.6 Å². The molecule has 0 unspecified atom stereocenters. The molecule has 1 aromatic carbocycles. The predicted octanol–water partition coefficient (Wildman–Crippen LogP) is 3.88. The van der Waals surface area contributed by atoms with Crippen LogP contribution in [0.5, 0.6) is 0 Å². The van der Waals surface area contributed by atoms with Crippen molar-refractivity contribution in [2.75, 3.05) is 0 Å². The van der Waals surface area contributed by atoms with Gasteiger partial charge in [-0.05, 0) is 55.2 Å². The summed E-state index contributed by atoms with van der Waals surface area (Å²) in [5.41, 5.74) is 6.73. The van der Waals surface area contributed by atoms with Crippen molar-refractivity contribution >= 4 is 11.6 Å². The van der Waals surface area contributed by atoms with E-state index < -0.39 is 5.97 Å². The average Bonchev–Trinajstić information content (AvgIpc) is 2.84. The quantitative estimate of drug-likeness (QED) is 0.797. The van der Waals surface area contributed by atoms with Crippen LogP contribution in [0.3, 0.4) is 0 Å². The van der Waals surface area contributed by atoms with Crippen molar-refractivity contribution in [3.8, 4) is 11.1 Å². The zero-order valence-corrected chi connectivity index (χ0v) is 12.9. The molecule has 1 N–H and O–H groups in total. The highest BCUT2D eigenvalue weighted by molar-refractivity contribution is 5.88. The van der Waals surface area contributed by atoms with Crippen molar-refractivity contribution < 1.29 is 9.90 Å². The maximum atomic E-state index is 10.9. The third-order valence-electron chi connectivity index (χ3n) is 4.04. The molecule has 112 valence electrons. The standard InChI is InChI=1S/C18H18N2O2/c1-4-16-12(3)20-10-15(9-11(2)17(20)19-16)13-5-7-14(8-6-13)18(21)22/h5-10H,4H2,1-3H3,(H,21,22). The molecule has 3 aromatic rings. The van der Waals surface area contributed by atoms with Crippen molar-refractivity contribution in [1.29, 1.82) is 0 Å². The number of aromatic carboxylic acids is 1. The van der Waals surface area contributed by atoms with E-state index in [-0.39, 0.29) is 0 Å². The number of rotatable bonds is 3. The van der Waals surface area contributed by atoms with Gasteiger partial charge in [0.2, 0.25) is 0 Å². The molecule has 0 spiro atoms. The van der Waals surface area contributed by atoms with Gasteiger partial charge in [-0.2, -0.15) is 0 Å². The second-order valence-corrected chi connectivity index (χ2v) is 5.49. The molecule has 0 bridgehead atoms. The Morgan fingerprint density at radius 2 is 1.86 bits per heavy atom. The molecule has 0 aliphatic heterocycles. The van der Waals surface area contributed by atoms with Crippen LogP contribution in [0.4, 0.5) is 0 Å². The minimum Gasteiger partial charge on any atom is -0.478 e. The first-order valence-electron chi connectivity index (χ1n) is 7.33. The number of hydrogen-bond acceptors (Lipinski definition) is 2. The van der Waals surface area contributed by atoms with E-state index in [1.54, 1.807) is 12.1 Å². The van der Waals surface area contributed by atoms with Crippen molar-refractivity contribution in [3.63, 3.8) is 0 Å². The smallest absolute Gasteiger partial charge is 0.335 e. The molecule has 0 aliphatic carbocycles. The van der Waals surface area contributed by atoms with Crippen LogP contribution in [0, 0.1) is 13.8 Å². The number of fused-ring (bicyclic) bond motifs is 1. The number of hydrogen-bond donors (Lipinski definition) is 1. The Labute approximate surface area is 129 Å². The molecule has 4 heteroatoms. The minimum absolute atomic E-state index is 0.300. The Bertz CT molecular complexity index is 861. The van der Waals surface area contributed by atoms with E-state index in [9.17, 15) is 4.79 Å².